The summed E-state index contributed by atoms with van der Waals surface area (Å²) in [5.74, 6) is -0.985. The number of ether oxygens (including phenoxy) is 2. The molecule has 0 heterocycles. The highest BCUT2D eigenvalue weighted by Gasteiger charge is 2.18. The molecule has 0 aliphatic carbocycles. The Balaban J connectivity index is 2.08. The van der Waals surface area contributed by atoms with Gasteiger partial charge in [-0.1, -0.05) is 17.7 Å². The Kier molecular flexibility index (Phi) is 6.12. The van der Waals surface area contributed by atoms with E-state index in [0.717, 1.165) is 16.7 Å². The van der Waals surface area contributed by atoms with Gasteiger partial charge in [-0.3, -0.25) is 14.9 Å². The van der Waals surface area contributed by atoms with Gasteiger partial charge in [-0.15, -0.1) is 0 Å². The first-order valence-electron chi connectivity index (χ1n) is 8.10. The van der Waals surface area contributed by atoms with Crippen LogP contribution in [0.4, 0.5) is 11.4 Å². The SMILES string of the molecule is COc1ccc([N+](=O)[O-])cc1NC(=O)COC(=O)c1c(C)cc(C)cc1C. The number of hydrogen-bond donors (Lipinski definition) is 1. The van der Waals surface area contributed by atoms with Crippen molar-refractivity contribution in [2.24, 2.45) is 0 Å². The maximum Gasteiger partial charge on any atom is 0.339 e. The van der Waals surface area contributed by atoms with Gasteiger partial charge >= 0.3 is 5.97 Å². The van der Waals surface area contributed by atoms with Gasteiger partial charge in [0.15, 0.2) is 6.61 Å². The van der Waals surface area contributed by atoms with Crippen molar-refractivity contribution in [2.75, 3.05) is 19.0 Å². The van der Waals surface area contributed by atoms with Crippen molar-refractivity contribution in [3.05, 3.63) is 62.7 Å². The molecule has 0 saturated heterocycles. The maximum atomic E-state index is 12.3. The van der Waals surface area contributed by atoms with Gasteiger partial charge in [-0.2, -0.15) is 0 Å². The van der Waals surface area contributed by atoms with E-state index in [1.807, 2.05) is 19.1 Å². The fourth-order valence-electron chi connectivity index (χ4n) is 2.80. The van der Waals surface area contributed by atoms with E-state index < -0.39 is 23.4 Å². The molecule has 0 saturated carbocycles. The zero-order valence-corrected chi connectivity index (χ0v) is 15.5. The van der Waals surface area contributed by atoms with Crippen LogP contribution in [0.2, 0.25) is 0 Å². The van der Waals surface area contributed by atoms with E-state index in [2.05, 4.69) is 5.32 Å². The summed E-state index contributed by atoms with van der Waals surface area (Å²) in [6, 6.07) is 7.53. The van der Waals surface area contributed by atoms with E-state index in [1.165, 1.54) is 25.3 Å². The molecule has 2 aromatic carbocycles. The van der Waals surface area contributed by atoms with Crippen LogP contribution in [0.25, 0.3) is 0 Å². The summed E-state index contributed by atoms with van der Waals surface area (Å²) in [5, 5.41) is 13.3. The molecule has 0 bridgehead atoms. The van der Waals surface area contributed by atoms with Gasteiger partial charge in [0.05, 0.1) is 23.3 Å². The summed E-state index contributed by atoms with van der Waals surface area (Å²) < 4.78 is 10.2. The number of amides is 1. The number of methoxy groups -OCH3 is 1. The molecule has 8 heteroatoms. The van der Waals surface area contributed by atoms with E-state index >= 15 is 0 Å². The molecule has 0 spiro atoms. The monoisotopic (exact) mass is 372 g/mol. The van der Waals surface area contributed by atoms with Crippen molar-refractivity contribution in [1.82, 2.24) is 0 Å². The predicted molar refractivity (Wildman–Crippen MR) is 99.2 cm³/mol. The molecule has 1 N–H and O–H groups in total. The third-order valence-electron chi connectivity index (χ3n) is 3.88. The topological polar surface area (TPSA) is 108 Å². The largest absolute Gasteiger partial charge is 0.495 e. The number of nitrogens with one attached hydrogen (secondary N) is 1. The lowest BCUT2D eigenvalue weighted by atomic mass is 10.00. The van der Waals surface area contributed by atoms with Crippen molar-refractivity contribution in [1.29, 1.82) is 0 Å². The van der Waals surface area contributed by atoms with Crippen LogP contribution in [0.5, 0.6) is 5.75 Å². The van der Waals surface area contributed by atoms with Crippen LogP contribution in [0.3, 0.4) is 0 Å². The molecule has 2 rings (SSSR count). The first-order valence-corrected chi connectivity index (χ1v) is 8.10. The van der Waals surface area contributed by atoms with Crippen LogP contribution in [-0.2, 0) is 9.53 Å². The lowest BCUT2D eigenvalue weighted by Crippen LogP contribution is -2.22. The molecule has 8 nitrogen and oxygen atoms in total. The van der Waals surface area contributed by atoms with Gasteiger partial charge in [0.2, 0.25) is 0 Å². The molecule has 27 heavy (non-hydrogen) atoms. The van der Waals surface area contributed by atoms with Gasteiger partial charge < -0.3 is 14.8 Å². The number of aryl methyl sites for hydroxylation is 3. The number of carbonyl (C=O) groups is 2. The summed E-state index contributed by atoms with van der Waals surface area (Å²) in [6.07, 6.45) is 0. The Morgan fingerprint density at radius 1 is 1.11 bits per heavy atom. The molecule has 1 amide bonds. The summed E-state index contributed by atoms with van der Waals surface area (Å²) >= 11 is 0. The van der Waals surface area contributed by atoms with E-state index in [9.17, 15) is 19.7 Å². The Bertz CT molecular complexity index is 884. The number of esters is 1. The number of anilines is 1. The standard InChI is InChI=1S/C19H20N2O6/c1-11-7-12(2)18(13(3)8-11)19(23)27-10-17(22)20-15-9-14(21(24)25)5-6-16(15)26-4/h5-9H,10H2,1-4H3,(H,20,22). The van der Waals surface area contributed by atoms with Crippen LogP contribution in [0, 0.1) is 30.9 Å². The van der Waals surface area contributed by atoms with Crippen molar-refractivity contribution in [3.8, 4) is 5.75 Å². The molecular weight excluding hydrogens is 352 g/mol. The van der Waals surface area contributed by atoms with Gasteiger partial charge in [0.1, 0.15) is 5.75 Å². The highest BCUT2D eigenvalue weighted by Crippen LogP contribution is 2.28. The summed E-state index contributed by atoms with van der Waals surface area (Å²) in [4.78, 5) is 34.7. The second-order valence-corrected chi connectivity index (χ2v) is 6.04. The van der Waals surface area contributed by atoms with Crippen molar-refractivity contribution >= 4 is 23.3 Å². The lowest BCUT2D eigenvalue weighted by Gasteiger charge is -2.12. The average molecular weight is 372 g/mol. The minimum absolute atomic E-state index is 0.121. The van der Waals surface area contributed by atoms with E-state index in [4.69, 9.17) is 9.47 Å². The minimum Gasteiger partial charge on any atom is -0.495 e. The average Bonchev–Trinajstić information content (AvgIpc) is 2.59. The first-order chi connectivity index (χ1) is 12.7. The van der Waals surface area contributed by atoms with Gasteiger partial charge in [0.25, 0.3) is 11.6 Å². The van der Waals surface area contributed by atoms with Crippen molar-refractivity contribution < 1.29 is 24.0 Å². The number of non-ortho nitro benzene ring substituents is 1. The smallest absolute Gasteiger partial charge is 0.339 e. The van der Waals surface area contributed by atoms with Crippen molar-refractivity contribution in [2.45, 2.75) is 20.8 Å². The van der Waals surface area contributed by atoms with Crippen LogP contribution >= 0.6 is 0 Å². The minimum atomic E-state index is -0.635. The zero-order valence-electron chi connectivity index (χ0n) is 15.5. The first kappa shape index (κ1) is 19.9. The van der Waals surface area contributed by atoms with Crippen LogP contribution in [0.1, 0.15) is 27.0 Å². The fraction of sp³-hybridized carbons (Fsp3) is 0.263. The van der Waals surface area contributed by atoms with E-state index in [0.29, 0.717) is 5.56 Å². The quantitative estimate of drug-likeness (QED) is 0.473. The Morgan fingerprint density at radius 2 is 1.74 bits per heavy atom. The van der Waals surface area contributed by atoms with Crippen molar-refractivity contribution in [3.63, 3.8) is 0 Å². The predicted octanol–water partition coefficient (Wildman–Crippen LogP) is 3.32. The molecule has 0 fully saturated rings. The van der Waals surface area contributed by atoms with E-state index in [1.54, 1.807) is 13.8 Å². The molecule has 0 aliphatic rings. The normalized spacial score (nSPS) is 10.2. The molecule has 0 aliphatic heterocycles. The summed E-state index contributed by atoms with van der Waals surface area (Å²) in [6.45, 7) is 4.99. The highest BCUT2D eigenvalue weighted by molar-refractivity contribution is 5.97. The third-order valence-corrected chi connectivity index (χ3v) is 3.88. The number of nitro benzene ring substituents is 1. The molecule has 0 unspecified atom stereocenters. The number of benzene rings is 2. The number of hydrogen-bond acceptors (Lipinski definition) is 6. The second-order valence-electron chi connectivity index (χ2n) is 6.04. The van der Waals surface area contributed by atoms with Crippen LogP contribution < -0.4 is 10.1 Å². The Labute approximate surface area is 156 Å². The van der Waals surface area contributed by atoms with Crippen LogP contribution in [0.15, 0.2) is 30.3 Å². The third kappa shape index (κ3) is 4.81. The van der Waals surface area contributed by atoms with E-state index in [-0.39, 0.29) is 17.1 Å². The number of nitrogens with zero attached hydrogens (tertiary/aromatic N) is 1. The van der Waals surface area contributed by atoms with Gasteiger partial charge in [-0.25, -0.2) is 4.79 Å². The molecule has 2 aromatic rings. The molecule has 0 aromatic heterocycles. The van der Waals surface area contributed by atoms with Gasteiger partial charge in [0, 0.05) is 12.1 Å². The maximum absolute atomic E-state index is 12.3. The molecule has 0 atom stereocenters. The van der Waals surface area contributed by atoms with Crippen LogP contribution in [-0.4, -0.2) is 30.5 Å². The van der Waals surface area contributed by atoms with Gasteiger partial charge in [-0.05, 0) is 38.0 Å². The fourth-order valence-corrected chi connectivity index (χ4v) is 2.80. The lowest BCUT2D eigenvalue weighted by molar-refractivity contribution is -0.384. The Hall–Kier alpha value is -3.42. The molecular formula is C19H20N2O6. The number of rotatable bonds is 6. The molecule has 0 radical (unpaired) electrons. The Morgan fingerprint density at radius 3 is 2.30 bits per heavy atom. The molecule has 142 valence electrons. The summed E-state index contributed by atoms with van der Waals surface area (Å²) in [7, 11) is 1.37. The zero-order chi connectivity index (χ0) is 20.1. The number of nitro groups is 1. The summed E-state index contributed by atoms with van der Waals surface area (Å²) in [5.41, 5.74) is 2.89. The number of carbonyl (C=O) groups excluding carboxylic acids is 2. The highest BCUT2D eigenvalue weighted by atomic mass is 16.6. The second kappa shape index (κ2) is 8.31.